The molecule has 2 aromatic rings. The van der Waals surface area contributed by atoms with Crippen molar-refractivity contribution in [3.05, 3.63) is 52.6 Å². The van der Waals surface area contributed by atoms with E-state index in [1.54, 1.807) is 7.11 Å². The Morgan fingerprint density at radius 3 is 2.71 bits per heavy atom. The van der Waals surface area contributed by atoms with Gasteiger partial charge in [0.1, 0.15) is 6.04 Å². The first-order valence-corrected chi connectivity index (χ1v) is 11.1. The van der Waals surface area contributed by atoms with Crippen molar-refractivity contribution < 1.29 is 4.74 Å². The molecule has 2 aliphatic heterocycles. The number of ether oxygens (including phenoxy) is 1. The second-order valence-electron chi connectivity index (χ2n) is 7.69. The molecule has 4 heterocycles. The van der Waals surface area contributed by atoms with E-state index in [9.17, 15) is 0 Å². The third-order valence-corrected chi connectivity index (χ3v) is 7.42. The minimum absolute atomic E-state index is 0.0492. The van der Waals surface area contributed by atoms with Crippen LogP contribution in [0.5, 0.6) is 0 Å². The second-order valence-corrected chi connectivity index (χ2v) is 8.68. The quantitative estimate of drug-likeness (QED) is 0.722. The van der Waals surface area contributed by atoms with Crippen LogP contribution in [0.25, 0.3) is 0 Å². The molecule has 2 aliphatic rings. The fourth-order valence-corrected chi connectivity index (χ4v) is 6.02. The third kappa shape index (κ3) is 3.07. The van der Waals surface area contributed by atoms with Crippen molar-refractivity contribution in [2.45, 2.75) is 58.8 Å². The van der Waals surface area contributed by atoms with Gasteiger partial charge < -0.3 is 14.2 Å². The van der Waals surface area contributed by atoms with Crippen molar-refractivity contribution in [1.82, 2.24) is 14.5 Å². The minimum Gasteiger partial charge on any atom is -0.383 e. The summed E-state index contributed by atoms with van der Waals surface area (Å²) < 4.78 is 7.77. The molecular weight excluding hydrogens is 368 g/mol. The van der Waals surface area contributed by atoms with E-state index in [0.717, 1.165) is 31.0 Å². The van der Waals surface area contributed by atoms with Crippen molar-refractivity contribution in [1.29, 1.82) is 0 Å². The van der Waals surface area contributed by atoms with Crippen LogP contribution in [0.3, 0.4) is 0 Å². The highest BCUT2D eigenvalue weighted by Gasteiger charge is 2.47. The average molecular weight is 399 g/mol. The molecule has 6 heteroatoms. The number of methoxy groups -OCH3 is 1. The summed E-state index contributed by atoms with van der Waals surface area (Å²) in [6.07, 6.45) is 3.02. The first-order chi connectivity index (χ1) is 13.6. The number of amidine groups is 1. The number of hydrogen-bond donors (Lipinski definition) is 0. The van der Waals surface area contributed by atoms with E-state index >= 15 is 0 Å². The number of thioether (sulfide) groups is 1. The van der Waals surface area contributed by atoms with Crippen LogP contribution in [0, 0.1) is 20.8 Å². The van der Waals surface area contributed by atoms with Crippen LogP contribution in [-0.2, 0) is 11.3 Å². The fourth-order valence-electron chi connectivity index (χ4n) is 4.68. The van der Waals surface area contributed by atoms with E-state index in [-0.39, 0.29) is 12.1 Å². The van der Waals surface area contributed by atoms with Gasteiger partial charge in [-0.1, -0.05) is 24.8 Å². The summed E-state index contributed by atoms with van der Waals surface area (Å²) in [7, 11) is 1.77. The Morgan fingerprint density at radius 1 is 1.21 bits per heavy atom. The maximum atomic E-state index is 5.36. The van der Waals surface area contributed by atoms with Crippen molar-refractivity contribution in [2.75, 3.05) is 19.5 Å². The molecule has 2 aromatic heterocycles. The molecule has 0 spiro atoms. The highest BCUT2D eigenvalue weighted by atomic mass is 32.2. The number of aliphatic imine (C=N–C) groups is 1. The van der Waals surface area contributed by atoms with Gasteiger partial charge in [-0.2, -0.15) is 0 Å². The summed E-state index contributed by atoms with van der Waals surface area (Å²) in [6.45, 7) is 10.6. The van der Waals surface area contributed by atoms with E-state index in [4.69, 9.17) is 9.73 Å². The number of rotatable bonds is 6. The highest BCUT2D eigenvalue weighted by molar-refractivity contribution is 8.14. The average Bonchev–Trinajstić information content (AvgIpc) is 3.34. The van der Waals surface area contributed by atoms with Gasteiger partial charge in [-0.15, -0.1) is 0 Å². The lowest BCUT2D eigenvalue weighted by Crippen LogP contribution is -2.35. The Kier molecular flexibility index (Phi) is 5.52. The second kappa shape index (κ2) is 7.91. The maximum Gasteiger partial charge on any atom is 0.160 e. The maximum absolute atomic E-state index is 5.36. The fraction of sp³-hybridized carbons (Fsp3) is 0.545. The molecule has 0 aromatic carbocycles. The Labute approximate surface area is 172 Å². The van der Waals surface area contributed by atoms with Crippen LogP contribution < -0.4 is 0 Å². The largest absolute Gasteiger partial charge is 0.383 e. The summed E-state index contributed by atoms with van der Waals surface area (Å²) >= 11 is 1.90. The van der Waals surface area contributed by atoms with Crippen LogP contribution in [0.4, 0.5) is 0 Å². The molecule has 0 radical (unpaired) electrons. The lowest BCUT2D eigenvalue weighted by Gasteiger charge is -2.32. The molecule has 150 valence electrons. The number of pyridine rings is 1. The third-order valence-electron chi connectivity index (χ3n) is 6.29. The van der Waals surface area contributed by atoms with Crippen LogP contribution in [0.1, 0.15) is 53.6 Å². The van der Waals surface area contributed by atoms with E-state index in [2.05, 4.69) is 54.3 Å². The number of fused-ring (bicyclic) bond motifs is 1. The molecule has 1 fully saturated rings. The summed E-state index contributed by atoms with van der Waals surface area (Å²) in [6, 6.07) is 6.97. The van der Waals surface area contributed by atoms with Gasteiger partial charge in [-0.25, -0.2) is 0 Å². The van der Waals surface area contributed by atoms with Crippen molar-refractivity contribution in [3.63, 3.8) is 0 Å². The molecule has 0 N–H and O–H groups in total. The van der Waals surface area contributed by atoms with Gasteiger partial charge in [0.25, 0.3) is 0 Å². The lowest BCUT2D eigenvalue weighted by atomic mass is 9.92. The minimum atomic E-state index is 0.0492. The normalized spacial score (nSPS) is 24.0. The SMILES string of the molecule is CC[C@@H]1CSC2=N[C@H](c3ccccn3)[C@H](c3c(C)c(C)n(CCOC)c3C)N21. The molecule has 1 saturated heterocycles. The van der Waals surface area contributed by atoms with Crippen LogP contribution in [0.2, 0.25) is 0 Å². The smallest absolute Gasteiger partial charge is 0.160 e. The Bertz CT molecular complexity index is 876. The van der Waals surface area contributed by atoms with Gasteiger partial charge in [0, 0.05) is 48.6 Å². The van der Waals surface area contributed by atoms with Crippen molar-refractivity contribution in [2.24, 2.45) is 4.99 Å². The first kappa shape index (κ1) is 19.5. The van der Waals surface area contributed by atoms with Crippen LogP contribution >= 0.6 is 11.8 Å². The van der Waals surface area contributed by atoms with Gasteiger partial charge in [-0.05, 0) is 44.9 Å². The summed E-state index contributed by atoms with van der Waals surface area (Å²) in [5.41, 5.74) is 6.52. The Hall–Kier alpha value is -1.79. The number of aromatic nitrogens is 2. The molecule has 0 bridgehead atoms. The summed E-state index contributed by atoms with van der Waals surface area (Å²) in [5.74, 6) is 1.13. The van der Waals surface area contributed by atoms with Gasteiger partial charge in [0.15, 0.2) is 5.17 Å². The molecule has 0 aliphatic carbocycles. The zero-order chi connectivity index (χ0) is 19.8. The van der Waals surface area contributed by atoms with Crippen molar-refractivity contribution >= 4 is 16.9 Å². The monoisotopic (exact) mass is 398 g/mol. The van der Waals surface area contributed by atoms with E-state index in [1.807, 2.05) is 24.0 Å². The van der Waals surface area contributed by atoms with E-state index in [0.29, 0.717) is 6.04 Å². The molecule has 0 amide bonds. The van der Waals surface area contributed by atoms with Crippen LogP contribution in [0.15, 0.2) is 29.4 Å². The van der Waals surface area contributed by atoms with E-state index in [1.165, 1.54) is 27.7 Å². The Balaban J connectivity index is 1.83. The predicted octanol–water partition coefficient (Wildman–Crippen LogP) is 4.43. The molecule has 3 atom stereocenters. The highest BCUT2D eigenvalue weighted by Crippen LogP contribution is 2.50. The molecule has 4 rings (SSSR count). The molecule has 0 unspecified atom stereocenters. The molecule has 5 nitrogen and oxygen atoms in total. The van der Waals surface area contributed by atoms with Gasteiger partial charge in [0.2, 0.25) is 0 Å². The molecule has 0 saturated carbocycles. The number of hydrogen-bond acceptors (Lipinski definition) is 5. The lowest BCUT2D eigenvalue weighted by molar-refractivity contribution is 0.186. The van der Waals surface area contributed by atoms with Gasteiger partial charge in [0.05, 0.1) is 18.3 Å². The summed E-state index contributed by atoms with van der Waals surface area (Å²) in [5, 5.41) is 1.19. The zero-order valence-electron chi connectivity index (χ0n) is 17.5. The summed E-state index contributed by atoms with van der Waals surface area (Å²) in [4.78, 5) is 12.4. The van der Waals surface area contributed by atoms with Crippen LogP contribution in [-0.4, -0.2) is 45.1 Å². The topological polar surface area (TPSA) is 42.6 Å². The Morgan fingerprint density at radius 2 is 2.04 bits per heavy atom. The number of nitrogens with zero attached hydrogens (tertiary/aromatic N) is 4. The van der Waals surface area contributed by atoms with Gasteiger partial charge >= 0.3 is 0 Å². The van der Waals surface area contributed by atoms with Gasteiger partial charge in [-0.3, -0.25) is 9.98 Å². The standard InChI is InChI=1S/C22H30N4OS/c1-6-17-13-28-22-24-20(18-9-7-8-10-23-18)21(26(17)22)19-14(2)15(3)25(16(19)4)11-12-27-5/h7-10,17,20-21H,6,11-13H2,1-5H3/t17-,20-,21+/m1/s1. The molecule has 28 heavy (non-hydrogen) atoms. The zero-order valence-corrected chi connectivity index (χ0v) is 18.3. The van der Waals surface area contributed by atoms with Crippen molar-refractivity contribution in [3.8, 4) is 0 Å². The predicted molar refractivity (Wildman–Crippen MR) is 116 cm³/mol. The molecular formula is C22H30N4OS. The first-order valence-electron chi connectivity index (χ1n) is 10.1. The van der Waals surface area contributed by atoms with E-state index < -0.39 is 0 Å².